The van der Waals surface area contributed by atoms with E-state index in [1.54, 1.807) is 6.92 Å². The molecule has 128 valence electrons. The summed E-state index contributed by atoms with van der Waals surface area (Å²) in [5.74, 6) is 0.576. The number of carbonyl (C=O) groups is 1. The molecule has 6 heteroatoms. The molecule has 0 spiro atoms. The van der Waals surface area contributed by atoms with E-state index < -0.39 is 0 Å². The maximum Gasteiger partial charge on any atom is 0.225 e. The molecule has 1 aromatic heterocycles. The first-order valence-electron chi connectivity index (χ1n) is 8.09. The fraction of sp³-hybridized carbons (Fsp3) is 0.211. The Labute approximate surface area is 151 Å². The highest BCUT2D eigenvalue weighted by molar-refractivity contribution is 7.80. The standard InChI is InChI=1S/C19H19N3O2S/c1-3-17(23)22-19(25)20-14-7-5-13(6-8-14)11-18-21-15-10-12(2)4-9-16(15)24-18/h4-10H,3,11H2,1-2H3,(H2,20,22,23,25). The molecule has 25 heavy (non-hydrogen) atoms. The molecule has 0 atom stereocenters. The summed E-state index contributed by atoms with van der Waals surface area (Å²) in [4.78, 5) is 15.8. The number of carbonyl (C=O) groups excluding carboxylic acids is 1. The second kappa shape index (κ2) is 7.44. The van der Waals surface area contributed by atoms with Crippen LogP contribution in [0.5, 0.6) is 0 Å². The van der Waals surface area contributed by atoms with Crippen LogP contribution in [0.15, 0.2) is 46.9 Å². The zero-order valence-electron chi connectivity index (χ0n) is 14.1. The number of amides is 1. The Kier molecular flexibility index (Phi) is 5.09. The van der Waals surface area contributed by atoms with Gasteiger partial charge in [-0.2, -0.15) is 0 Å². The lowest BCUT2D eigenvalue weighted by atomic mass is 10.1. The number of anilines is 1. The van der Waals surface area contributed by atoms with Gasteiger partial charge in [0.1, 0.15) is 5.52 Å². The third-order valence-corrected chi connectivity index (χ3v) is 3.93. The Hall–Kier alpha value is -2.73. The largest absolute Gasteiger partial charge is 0.440 e. The molecular weight excluding hydrogens is 334 g/mol. The molecule has 3 rings (SSSR count). The normalized spacial score (nSPS) is 10.6. The van der Waals surface area contributed by atoms with Gasteiger partial charge in [0.15, 0.2) is 16.6 Å². The van der Waals surface area contributed by atoms with E-state index in [4.69, 9.17) is 16.6 Å². The molecule has 0 unspecified atom stereocenters. The van der Waals surface area contributed by atoms with Crippen LogP contribution in [0.2, 0.25) is 0 Å². The van der Waals surface area contributed by atoms with Crippen LogP contribution in [0.1, 0.15) is 30.4 Å². The summed E-state index contributed by atoms with van der Waals surface area (Å²) in [6.45, 7) is 3.81. The molecule has 0 radical (unpaired) electrons. The molecule has 1 heterocycles. The average molecular weight is 353 g/mol. The van der Waals surface area contributed by atoms with Crippen molar-refractivity contribution in [2.75, 3.05) is 5.32 Å². The molecular formula is C19H19N3O2S. The highest BCUT2D eigenvalue weighted by Gasteiger charge is 2.07. The number of aromatic nitrogens is 1. The minimum absolute atomic E-state index is 0.111. The molecule has 0 aliphatic carbocycles. The van der Waals surface area contributed by atoms with E-state index in [9.17, 15) is 4.79 Å². The lowest BCUT2D eigenvalue weighted by Gasteiger charge is -2.09. The molecule has 0 saturated carbocycles. The van der Waals surface area contributed by atoms with Gasteiger partial charge >= 0.3 is 0 Å². The number of hydrogen-bond acceptors (Lipinski definition) is 4. The van der Waals surface area contributed by atoms with Gasteiger partial charge in [0.05, 0.1) is 0 Å². The number of hydrogen-bond donors (Lipinski definition) is 2. The van der Waals surface area contributed by atoms with Gasteiger partial charge in [-0.05, 0) is 54.5 Å². The van der Waals surface area contributed by atoms with E-state index >= 15 is 0 Å². The van der Waals surface area contributed by atoms with Gasteiger partial charge in [-0.1, -0.05) is 25.1 Å². The van der Waals surface area contributed by atoms with Gasteiger partial charge in [0.25, 0.3) is 0 Å². The van der Waals surface area contributed by atoms with E-state index in [0.29, 0.717) is 23.8 Å². The van der Waals surface area contributed by atoms with E-state index in [0.717, 1.165) is 27.9 Å². The van der Waals surface area contributed by atoms with Crippen LogP contribution in [0.4, 0.5) is 5.69 Å². The number of fused-ring (bicyclic) bond motifs is 1. The molecule has 5 nitrogen and oxygen atoms in total. The number of thiocarbonyl (C=S) groups is 1. The van der Waals surface area contributed by atoms with Gasteiger partial charge in [-0.25, -0.2) is 4.98 Å². The van der Waals surface area contributed by atoms with Crippen molar-refractivity contribution < 1.29 is 9.21 Å². The Bertz CT molecular complexity index is 916. The van der Waals surface area contributed by atoms with E-state index in [1.165, 1.54) is 0 Å². The third-order valence-electron chi connectivity index (χ3n) is 3.73. The van der Waals surface area contributed by atoms with Crippen molar-refractivity contribution in [2.24, 2.45) is 0 Å². The fourth-order valence-corrected chi connectivity index (χ4v) is 2.65. The number of aryl methyl sites for hydroxylation is 1. The van der Waals surface area contributed by atoms with Crippen LogP contribution < -0.4 is 10.6 Å². The Morgan fingerprint density at radius 3 is 2.68 bits per heavy atom. The SMILES string of the molecule is CCC(=O)NC(=S)Nc1ccc(Cc2nc3cc(C)ccc3o2)cc1. The van der Waals surface area contributed by atoms with Gasteiger partial charge < -0.3 is 15.1 Å². The maximum atomic E-state index is 11.3. The van der Waals surface area contributed by atoms with Crippen molar-refractivity contribution in [2.45, 2.75) is 26.7 Å². The van der Waals surface area contributed by atoms with Crippen molar-refractivity contribution in [3.05, 3.63) is 59.5 Å². The average Bonchev–Trinajstić information content (AvgIpc) is 2.97. The van der Waals surface area contributed by atoms with Crippen LogP contribution in [-0.2, 0) is 11.2 Å². The Morgan fingerprint density at radius 2 is 1.96 bits per heavy atom. The highest BCUT2D eigenvalue weighted by atomic mass is 32.1. The molecule has 0 saturated heterocycles. The predicted molar refractivity (Wildman–Crippen MR) is 103 cm³/mol. The first-order valence-corrected chi connectivity index (χ1v) is 8.50. The number of oxazole rings is 1. The first-order chi connectivity index (χ1) is 12.0. The first kappa shape index (κ1) is 17.1. The molecule has 0 fully saturated rings. The minimum Gasteiger partial charge on any atom is -0.440 e. The van der Waals surface area contributed by atoms with Crippen LogP contribution in [0.25, 0.3) is 11.1 Å². The van der Waals surface area contributed by atoms with Crippen LogP contribution in [0, 0.1) is 6.92 Å². The topological polar surface area (TPSA) is 67.2 Å². The van der Waals surface area contributed by atoms with E-state index in [1.807, 2.05) is 49.4 Å². The van der Waals surface area contributed by atoms with Crippen LogP contribution in [0.3, 0.4) is 0 Å². The van der Waals surface area contributed by atoms with Crippen molar-refractivity contribution >= 4 is 40.0 Å². The summed E-state index contributed by atoms with van der Waals surface area (Å²) < 4.78 is 5.78. The fourth-order valence-electron chi connectivity index (χ4n) is 2.42. The zero-order chi connectivity index (χ0) is 17.8. The van der Waals surface area contributed by atoms with Crippen LogP contribution in [-0.4, -0.2) is 16.0 Å². The minimum atomic E-state index is -0.111. The molecule has 2 N–H and O–H groups in total. The van der Waals surface area contributed by atoms with Crippen molar-refractivity contribution in [1.82, 2.24) is 10.3 Å². The summed E-state index contributed by atoms with van der Waals surface area (Å²) in [5, 5.41) is 5.89. The molecule has 3 aromatic rings. The summed E-state index contributed by atoms with van der Waals surface area (Å²) in [6.07, 6.45) is 1.01. The zero-order valence-corrected chi connectivity index (χ0v) is 14.9. The number of nitrogens with zero attached hydrogens (tertiary/aromatic N) is 1. The quantitative estimate of drug-likeness (QED) is 0.695. The number of benzene rings is 2. The van der Waals surface area contributed by atoms with Crippen molar-refractivity contribution in [1.29, 1.82) is 0 Å². The number of rotatable bonds is 4. The second-order valence-corrected chi connectivity index (χ2v) is 6.22. The van der Waals surface area contributed by atoms with Gasteiger partial charge in [-0.3, -0.25) is 4.79 Å². The molecule has 0 bridgehead atoms. The maximum absolute atomic E-state index is 11.3. The molecule has 0 aliphatic rings. The smallest absolute Gasteiger partial charge is 0.225 e. The summed E-state index contributed by atoms with van der Waals surface area (Å²) in [5.41, 5.74) is 4.74. The van der Waals surface area contributed by atoms with Gasteiger partial charge in [0.2, 0.25) is 5.91 Å². The Morgan fingerprint density at radius 1 is 1.20 bits per heavy atom. The summed E-state index contributed by atoms with van der Waals surface area (Å²) >= 11 is 5.10. The second-order valence-electron chi connectivity index (χ2n) is 5.81. The van der Waals surface area contributed by atoms with E-state index in [-0.39, 0.29) is 5.91 Å². The Balaban J connectivity index is 1.65. The highest BCUT2D eigenvalue weighted by Crippen LogP contribution is 2.19. The van der Waals surface area contributed by atoms with Gasteiger partial charge in [0, 0.05) is 18.5 Å². The molecule has 2 aromatic carbocycles. The predicted octanol–water partition coefficient (Wildman–Crippen LogP) is 3.95. The van der Waals surface area contributed by atoms with E-state index in [2.05, 4.69) is 15.6 Å². The van der Waals surface area contributed by atoms with Crippen LogP contribution >= 0.6 is 12.2 Å². The third kappa shape index (κ3) is 4.42. The number of nitrogens with one attached hydrogen (secondary N) is 2. The lowest BCUT2D eigenvalue weighted by Crippen LogP contribution is -2.33. The molecule has 1 amide bonds. The van der Waals surface area contributed by atoms with Crippen molar-refractivity contribution in [3.8, 4) is 0 Å². The molecule has 0 aliphatic heterocycles. The summed E-state index contributed by atoms with van der Waals surface area (Å²) in [7, 11) is 0. The monoisotopic (exact) mass is 353 g/mol. The van der Waals surface area contributed by atoms with Gasteiger partial charge in [-0.15, -0.1) is 0 Å². The van der Waals surface area contributed by atoms with Crippen molar-refractivity contribution in [3.63, 3.8) is 0 Å². The lowest BCUT2D eigenvalue weighted by molar-refractivity contribution is -0.119. The summed E-state index contributed by atoms with van der Waals surface area (Å²) in [6, 6.07) is 13.7.